The van der Waals surface area contributed by atoms with Crippen LogP contribution < -0.4 is 4.74 Å². The Labute approximate surface area is 124 Å². The lowest BCUT2D eigenvalue weighted by Crippen LogP contribution is -2.17. The number of hydrogen-bond donors (Lipinski definition) is 0. The number of carbonyl (C=O) groups excluding carboxylic acids is 1. The largest absolute Gasteiger partial charge is 0.573 e. The van der Waals surface area contributed by atoms with E-state index in [2.05, 4.69) is 14.6 Å². The Morgan fingerprint density at radius 1 is 1.18 bits per heavy atom. The molecule has 8 heteroatoms. The van der Waals surface area contributed by atoms with Crippen molar-refractivity contribution in [2.24, 2.45) is 0 Å². The lowest BCUT2D eigenvalue weighted by atomic mass is 10.2. The van der Waals surface area contributed by atoms with Crippen LogP contribution in [-0.2, 0) is 4.74 Å². The van der Waals surface area contributed by atoms with Crippen LogP contribution in [0.4, 0.5) is 13.2 Å². The number of rotatable bonds is 3. The zero-order chi connectivity index (χ0) is 16.5. The van der Waals surface area contributed by atoms with Gasteiger partial charge in [0, 0.05) is 0 Å². The topological polar surface area (TPSA) is 53.3 Å². The number of ether oxygens (including phenoxy) is 2. The molecule has 1 heterocycles. The molecule has 118 valence electrons. The highest BCUT2D eigenvalue weighted by atomic mass is 19.4. The van der Waals surface area contributed by atoms with Gasteiger partial charge in [-0.25, -0.2) is 9.48 Å². The Balaban J connectivity index is 2.35. The normalized spacial score (nSPS) is 11.4. The van der Waals surface area contributed by atoms with E-state index in [-0.39, 0.29) is 5.75 Å². The first-order chi connectivity index (χ1) is 10.2. The monoisotopic (exact) mass is 314 g/mol. The summed E-state index contributed by atoms with van der Waals surface area (Å²) in [5, 5.41) is 4.21. The quantitative estimate of drug-likeness (QED) is 0.817. The molecule has 0 atom stereocenters. The Hall–Kier alpha value is -2.51. The number of halogens is 3. The van der Waals surface area contributed by atoms with Crippen LogP contribution in [-0.4, -0.2) is 29.2 Å². The summed E-state index contributed by atoms with van der Waals surface area (Å²) in [6.07, 6.45) is -4.74. The smallest absolute Gasteiger partial charge is 0.465 e. The van der Waals surface area contributed by atoms with Crippen molar-refractivity contribution in [1.29, 1.82) is 0 Å². The van der Waals surface area contributed by atoms with Gasteiger partial charge in [0.25, 0.3) is 0 Å². The van der Waals surface area contributed by atoms with E-state index in [0.717, 1.165) is 0 Å². The first kappa shape index (κ1) is 15.9. The molecule has 0 spiro atoms. The van der Waals surface area contributed by atoms with Crippen molar-refractivity contribution < 1.29 is 27.4 Å². The summed E-state index contributed by atoms with van der Waals surface area (Å²) in [4.78, 5) is 11.7. The van der Waals surface area contributed by atoms with Gasteiger partial charge in [-0.15, -0.1) is 13.2 Å². The van der Waals surface area contributed by atoms with Crippen LogP contribution >= 0.6 is 0 Å². The van der Waals surface area contributed by atoms with Gasteiger partial charge in [0.2, 0.25) is 0 Å². The molecule has 0 fully saturated rings. The van der Waals surface area contributed by atoms with Crippen molar-refractivity contribution in [2.75, 3.05) is 7.11 Å². The van der Waals surface area contributed by atoms with Gasteiger partial charge in [-0.3, -0.25) is 0 Å². The third kappa shape index (κ3) is 3.21. The van der Waals surface area contributed by atoms with E-state index in [4.69, 9.17) is 0 Å². The number of alkyl halides is 3. The van der Waals surface area contributed by atoms with Crippen LogP contribution in [0.2, 0.25) is 0 Å². The van der Waals surface area contributed by atoms with Crippen molar-refractivity contribution in [3.63, 3.8) is 0 Å². The molecular formula is C14H13F3N2O3. The summed E-state index contributed by atoms with van der Waals surface area (Å²) in [5.41, 5.74) is 1.84. The minimum atomic E-state index is -4.74. The summed E-state index contributed by atoms with van der Waals surface area (Å²) >= 11 is 0. The molecule has 0 aliphatic rings. The lowest BCUT2D eigenvalue weighted by molar-refractivity contribution is -0.274. The van der Waals surface area contributed by atoms with Crippen LogP contribution in [0.3, 0.4) is 0 Å². The van der Waals surface area contributed by atoms with E-state index in [9.17, 15) is 18.0 Å². The van der Waals surface area contributed by atoms with Crippen molar-refractivity contribution >= 4 is 5.97 Å². The molecule has 1 aromatic heterocycles. The van der Waals surface area contributed by atoms with Crippen molar-refractivity contribution in [2.45, 2.75) is 20.2 Å². The van der Waals surface area contributed by atoms with Gasteiger partial charge in [0.1, 0.15) is 11.3 Å². The molecule has 0 bridgehead atoms. The highest BCUT2D eigenvalue weighted by molar-refractivity contribution is 5.91. The molecule has 0 saturated carbocycles. The van der Waals surface area contributed by atoms with Gasteiger partial charge in [-0.05, 0) is 38.1 Å². The highest BCUT2D eigenvalue weighted by Crippen LogP contribution is 2.25. The van der Waals surface area contributed by atoms with Crippen LogP contribution in [0.25, 0.3) is 5.69 Å². The fourth-order valence-corrected chi connectivity index (χ4v) is 2.08. The molecule has 22 heavy (non-hydrogen) atoms. The fourth-order valence-electron chi connectivity index (χ4n) is 2.08. The summed E-state index contributed by atoms with van der Waals surface area (Å²) in [6.45, 7) is 3.32. The van der Waals surface area contributed by atoms with E-state index < -0.39 is 12.3 Å². The molecule has 5 nitrogen and oxygen atoms in total. The van der Waals surface area contributed by atoms with Crippen LogP contribution in [0, 0.1) is 13.8 Å². The Kier molecular flexibility index (Phi) is 4.11. The Bertz CT molecular complexity index is 691. The summed E-state index contributed by atoms with van der Waals surface area (Å²) in [7, 11) is 1.27. The summed E-state index contributed by atoms with van der Waals surface area (Å²) < 4.78 is 46.3. The number of benzene rings is 1. The summed E-state index contributed by atoms with van der Waals surface area (Å²) in [6, 6.07) is 5.19. The van der Waals surface area contributed by atoms with Gasteiger partial charge >= 0.3 is 12.3 Å². The number of methoxy groups -OCH3 is 1. The molecule has 0 N–H and O–H groups in total. The van der Waals surface area contributed by atoms with E-state index in [0.29, 0.717) is 22.6 Å². The van der Waals surface area contributed by atoms with Crippen molar-refractivity contribution in [3.8, 4) is 11.4 Å². The molecule has 2 aromatic rings. The molecule has 2 rings (SSSR count). The van der Waals surface area contributed by atoms with Crippen LogP contribution in [0.5, 0.6) is 5.75 Å². The average Bonchev–Trinajstić information content (AvgIpc) is 2.72. The fraction of sp³-hybridized carbons (Fsp3) is 0.286. The van der Waals surface area contributed by atoms with Gasteiger partial charge in [0.15, 0.2) is 0 Å². The van der Waals surface area contributed by atoms with E-state index >= 15 is 0 Å². The van der Waals surface area contributed by atoms with Crippen molar-refractivity contribution in [3.05, 3.63) is 41.2 Å². The minimum Gasteiger partial charge on any atom is -0.465 e. The second-order valence-electron chi connectivity index (χ2n) is 4.49. The molecule has 0 radical (unpaired) electrons. The predicted molar refractivity (Wildman–Crippen MR) is 71.1 cm³/mol. The van der Waals surface area contributed by atoms with E-state index in [1.165, 1.54) is 36.1 Å². The van der Waals surface area contributed by atoms with Gasteiger partial charge in [-0.1, -0.05) is 0 Å². The molecule has 0 aliphatic heterocycles. The zero-order valence-corrected chi connectivity index (χ0v) is 12.1. The van der Waals surface area contributed by atoms with Gasteiger partial charge < -0.3 is 9.47 Å². The minimum absolute atomic E-state index is 0.328. The first-order valence-electron chi connectivity index (χ1n) is 6.23. The van der Waals surface area contributed by atoms with E-state index in [1.807, 2.05) is 0 Å². The predicted octanol–water partition coefficient (Wildman–Crippen LogP) is 3.17. The van der Waals surface area contributed by atoms with E-state index in [1.54, 1.807) is 13.8 Å². The third-order valence-corrected chi connectivity index (χ3v) is 3.00. The molecular weight excluding hydrogens is 301 g/mol. The third-order valence-electron chi connectivity index (χ3n) is 3.00. The molecule has 0 amide bonds. The highest BCUT2D eigenvalue weighted by Gasteiger charge is 2.31. The number of carbonyl (C=O) groups is 1. The summed E-state index contributed by atoms with van der Waals surface area (Å²) in [5.74, 6) is -0.843. The number of hydrogen-bond acceptors (Lipinski definition) is 4. The molecule has 0 unspecified atom stereocenters. The Morgan fingerprint density at radius 3 is 2.27 bits per heavy atom. The number of esters is 1. The number of nitrogens with zero attached hydrogens (tertiary/aromatic N) is 2. The molecule has 0 saturated heterocycles. The van der Waals surface area contributed by atoms with Crippen LogP contribution in [0.1, 0.15) is 21.7 Å². The second kappa shape index (κ2) is 5.70. The van der Waals surface area contributed by atoms with Gasteiger partial charge in [-0.2, -0.15) is 5.10 Å². The molecule has 0 aliphatic carbocycles. The maximum atomic E-state index is 12.1. The number of aromatic nitrogens is 2. The lowest BCUT2D eigenvalue weighted by Gasteiger charge is -2.10. The maximum Gasteiger partial charge on any atom is 0.573 e. The standard InChI is InChI=1S/C14H13F3N2O3/c1-8-12(13(20)21-3)9(2)19(18-8)10-4-6-11(7-5-10)22-14(15,16)17/h4-7H,1-3H3. The second-order valence-corrected chi connectivity index (χ2v) is 4.49. The average molecular weight is 314 g/mol. The SMILES string of the molecule is COC(=O)c1c(C)nn(-c2ccc(OC(F)(F)F)cc2)c1C. The number of aryl methyl sites for hydroxylation is 1. The zero-order valence-electron chi connectivity index (χ0n) is 12.1. The van der Waals surface area contributed by atoms with Crippen molar-refractivity contribution in [1.82, 2.24) is 9.78 Å². The maximum absolute atomic E-state index is 12.1. The molecule has 1 aromatic carbocycles. The Morgan fingerprint density at radius 2 is 1.77 bits per heavy atom. The van der Waals surface area contributed by atoms with Gasteiger partial charge in [0.05, 0.1) is 24.2 Å². The first-order valence-corrected chi connectivity index (χ1v) is 6.23. The van der Waals surface area contributed by atoms with Crippen LogP contribution in [0.15, 0.2) is 24.3 Å².